The van der Waals surface area contributed by atoms with Gasteiger partial charge < -0.3 is 10.8 Å². The fourth-order valence-corrected chi connectivity index (χ4v) is 2.03. The quantitative estimate of drug-likeness (QED) is 0.637. The minimum Gasteiger partial charge on any atom is -0.392 e. The van der Waals surface area contributed by atoms with E-state index in [1.54, 1.807) is 0 Å². The molecular formula is C10H19NO2. The first-order valence-electron chi connectivity index (χ1n) is 4.79. The van der Waals surface area contributed by atoms with Crippen molar-refractivity contribution in [3.05, 3.63) is 0 Å². The number of nitrogens with two attached hydrogens (primary N) is 1. The maximum atomic E-state index is 10.9. The molecule has 0 bridgehead atoms. The zero-order valence-electron chi connectivity index (χ0n) is 8.58. The molecule has 0 unspecified atom stereocenters. The summed E-state index contributed by atoms with van der Waals surface area (Å²) in [6, 6.07) is 0. The Kier molecular flexibility index (Phi) is 2.66. The van der Waals surface area contributed by atoms with E-state index in [9.17, 15) is 9.90 Å². The molecule has 0 aliphatic heterocycles. The summed E-state index contributed by atoms with van der Waals surface area (Å²) >= 11 is 0. The Bertz CT molecular complexity index is 207. The van der Waals surface area contributed by atoms with Gasteiger partial charge >= 0.3 is 0 Å². The van der Waals surface area contributed by atoms with Crippen molar-refractivity contribution in [1.82, 2.24) is 0 Å². The molecule has 13 heavy (non-hydrogen) atoms. The van der Waals surface area contributed by atoms with Gasteiger partial charge in [-0.25, -0.2) is 0 Å². The molecule has 0 aromatic carbocycles. The van der Waals surface area contributed by atoms with Crippen LogP contribution in [0.2, 0.25) is 0 Å². The Balaban J connectivity index is 2.65. The summed E-state index contributed by atoms with van der Waals surface area (Å²) in [6.07, 6.45) is 0.915. The van der Waals surface area contributed by atoms with Crippen LogP contribution in [-0.4, -0.2) is 17.1 Å². The fraction of sp³-hybridized carbons (Fsp3) is 0.900. The summed E-state index contributed by atoms with van der Waals surface area (Å²) in [6.45, 7) is 6.40. The number of carbonyl (C=O) groups is 1. The van der Waals surface area contributed by atoms with Gasteiger partial charge in [0.1, 0.15) is 0 Å². The summed E-state index contributed by atoms with van der Waals surface area (Å²) in [5.41, 5.74) is 5.35. The summed E-state index contributed by atoms with van der Waals surface area (Å²) in [7, 11) is 0. The zero-order chi connectivity index (χ0) is 10.2. The van der Waals surface area contributed by atoms with Crippen molar-refractivity contribution in [2.75, 3.05) is 0 Å². The van der Waals surface area contributed by atoms with Crippen LogP contribution >= 0.6 is 0 Å². The Morgan fingerprint density at radius 2 is 1.92 bits per heavy atom. The molecule has 0 aromatic heterocycles. The number of amides is 1. The molecule has 3 nitrogen and oxygen atoms in total. The second kappa shape index (κ2) is 3.29. The molecule has 1 rings (SSSR count). The van der Waals surface area contributed by atoms with Gasteiger partial charge in [-0.2, -0.15) is 0 Å². The molecule has 3 atom stereocenters. The van der Waals surface area contributed by atoms with Gasteiger partial charge in [-0.15, -0.1) is 0 Å². The normalized spacial score (nSPS) is 34.9. The Morgan fingerprint density at radius 1 is 1.38 bits per heavy atom. The predicted octanol–water partition coefficient (Wildman–Crippen LogP) is 0.905. The molecule has 0 saturated heterocycles. The average Bonchev–Trinajstić information content (AvgIpc) is 2.29. The Labute approximate surface area is 79.3 Å². The van der Waals surface area contributed by atoms with E-state index >= 15 is 0 Å². The lowest BCUT2D eigenvalue weighted by Gasteiger charge is -2.26. The van der Waals surface area contributed by atoms with Crippen LogP contribution in [0.4, 0.5) is 0 Å². The Morgan fingerprint density at radius 3 is 2.15 bits per heavy atom. The first kappa shape index (κ1) is 10.5. The number of aliphatic hydroxyl groups excluding tert-OH is 1. The Hall–Kier alpha value is -0.570. The molecule has 3 N–H and O–H groups in total. The minimum absolute atomic E-state index is 0.158. The molecule has 3 heteroatoms. The van der Waals surface area contributed by atoms with Gasteiger partial charge in [0.05, 0.1) is 12.0 Å². The van der Waals surface area contributed by atoms with E-state index in [4.69, 9.17) is 5.73 Å². The first-order valence-corrected chi connectivity index (χ1v) is 4.79. The topological polar surface area (TPSA) is 63.3 Å². The number of hydrogen-bond donors (Lipinski definition) is 2. The standard InChI is InChI=1S/C10H19NO2/c1-10(2,3)6-4-7(9(11)13)8(12)5-6/h6-8,12H,4-5H2,1-3H3,(H2,11,13)/t6-,7-,8+/m1/s1. The summed E-state index contributed by atoms with van der Waals surface area (Å²) in [5.74, 6) is -0.288. The minimum atomic E-state index is -0.526. The second-order valence-corrected chi connectivity index (χ2v) is 5.11. The predicted molar refractivity (Wildman–Crippen MR) is 50.9 cm³/mol. The van der Waals surface area contributed by atoms with Crippen molar-refractivity contribution >= 4 is 5.91 Å². The van der Waals surface area contributed by atoms with Crippen LogP contribution in [-0.2, 0) is 4.79 Å². The first-order chi connectivity index (χ1) is 5.82. The van der Waals surface area contributed by atoms with Crippen molar-refractivity contribution in [2.45, 2.75) is 39.7 Å². The molecule has 1 saturated carbocycles. The van der Waals surface area contributed by atoms with Crippen molar-refractivity contribution < 1.29 is 9.90 Å². The van der Waals surface area contributed by atoms with Gasteiger partial charge in [-0.1, -0.05) is 20.8 Å². The molecule has 0 aromatic rings. The van der Waals surface area contributed by atoms with Gasteiger partial charge in [-0.3, -0.25) is 4.79 Å². The fourth-order valence-electron chi connectivity index (χ4n) is 2.03. The number of aliphatic hydroxyl groups is 1. The van der Waals surface area contributed by atoms with E-state index in [-0.39, 0.29) is 17.2 Å². The molecular weight excluding hydrogens is 166 g/mol. The highest BCUT2D eigenvalue weighted by molar-refractivity contribution is 5.77. The molecule has 0 radical (unpaired) electrons. The maximum Gasteiger partial charge on any atom is 0.223 e. The van der Waals surface area contributed by atoms with Crippen LogP contribution in [0.3, 0.4) is 0 Å². The van der Waals surface area contributed by atoms with Crippen LogP contribution in [0.25, 0.3) is 0 Å². The smallest absolute Gasteiger partial charge is 0.223 e. The highest BCUT2D eigenvalue weighted by atomic mass is 16.3. The van der Waals surface area contributed by atoms with E-state index in [1.165, 1.54) is 0 Å². The van der Waals surface area contributed by atoms with Crippen LogP contribution in [0.5, 0.6) is 0 Å². The molecule has 76 valence electrons. The van der Waals surface area contributed by atoms with Gasteiger partial charge in [0.15, 0.2) is 0 Å². The monoisotopic (exact) mass is 185 g/mol. The maximum absolute atomic E-state index is 10.9. The van der Waals surface area contributed by atoms with Crippen LogP contribution < -0.4 is 5.73 Å². The number of rotatable bonds is 1. The largest absolute Gasteiger partial charge is 0.392 e. The molecule has 1 fully saturated rings. The lowest BCUT2D eigenvalue weighted by Crippen LogP contribution is -2.29. The van der Waals surface area contributed by atoms with Gasteiger partial charge in [0.25, 0.3) is 0 Å². The number of carbonyl (C=O) groups excluding carboxylic acids is 1. The lowest BCUT2D eigenvalue weighted by molar-refractivity contribution is -0.124. The molecule has 0 spiro atoms. The number of primary amides is 1. The van der Waals surface area contributed by atoms with Crippen LogP contribution in [0.1, 0.15) is 33.6 Å². The lowest BCUT2D eigenvalue weighted by atomic mass is 9.79. The van der Waals surface area contributed by atoms with Crippen molar-refractivity contribution in [2.24, 2.45) is 23.0 Å². The third-order valence-corrected chi connectivity index (χ3v) is 3.12. The van der Waals surface area contributed by atoms with Crippen molar-refractivity contribution in [1.29, 1.82) is 0 Å². The average molecular weight is 185 g/mol. The summed E-state index contributed by atoms with van der Waals surface area (Å²) in [4.78, 5) is 10.9. The van der Waals surface area contributed by atoms with Crippen LogP contribution in [0, 0.1) is 17.3 Å². The van der Waals surface area contributed by atoms with Crippen LogP contribution in [0.15, 0.2) is 0 Å². The highest BCUT2D eigenvalue weighted by Crippen LogP contribution is 2.41. The highest BCUT2D eigenvalue weighted by Gasteiger charge is 2.41. The van der Waals surface area contributed by atoms with Gasteiger partial charge in [0.2, 0.25) is 5.91 Å². The third kappa shape index (κ3) is 2.21. The molecule has 1 amide bonds. The van der Waals surface area contributed by atoms with E-state index in [1.807, 2.05) is 0 Å². The third-order valence-electron chi connectivity index (χ3n) is 3.12. The molecule has 1 aliphatic rings. The van der Waals surface area contributed by atoms with E-state index in [0.29, 0.717) is 12.3 Å². The summed E-state index contributed by atoms with van der Waals surface area (Å²) < 4.78 is 0. The molecule has 0 heterocycles. The van der Waals surface area contributed by atoms with E-state index in [0.717, 1.165) is 6.42 Å². The molecule has 1 aliphatic carbocycles. The SMILES string of the molecule is CC(C)(C)[C@H]1C[C@H](O)[C@H](C(N)=O)C1. The van der Waals surface area contributed by atoms with Crippen molar-refractivity contribution in [3.63, 3.8) is 0 Å². The summed E-state index contributed by atoms with van der Waals surface area (Å²) in [5, 5.41) is 9.59. The van der Waals surface area contributed by atoms with Gasteiger partial charge in [0, 0.05) is 0 Å². The zero-order valence-corrected chi connectivity index (χ0v) is 8.58. The number of hydrogen-bond acceptors (Lipinski definition) is 2. The van der Waals surface area contributed by atoms with Gasteiger partial charge in [-0.05, 0) is 24.2 Å². The van der Waals surface area contributed by atoms with Crippen molar-refractivity contribution in [3.8, 4) is 0 Å². The second-order valence-electron chi connectivity index (χ2n) is 5.11. The van der Waals surface area contributed by atoms with E-state index in [2.05, 4.69) is 20.8 Å². The van der Waals surface area contributed by atoms with E-state index < -0.39 is 6.10 Å².